The number of nitrogens with one attached hydrogen (secondary N) is 4. The van der Waals surface area contributed by atoms with Crippen LogP contribution in [-0.2, 0) is 9.59 Å². The average Bonchev–Trinajstić information content (AvgIpc) is 2.83. The first kappa shape index (κ1) is 24.5. The number of phenolic OH excluding ortho intramolecular Hbond substituents is 2. The standard InChI is InChI=1S/C22H26N6O6/c23-9-15(31)27-7-5-25-11-1-2-12(26-6-8-28-16(32)10-24)18-17(11)21(33)19-13(29)3-4-14(30)20(19)22(18)34/h1-4,25-26,29-30H,5-10,23-24H2,(H,27,31)(H,28,32). The second-order valence-electron chi connectivity index (χ2n) is 7.38. The van der Waals surface area contributed by atoms with Crippen molar-refractivity contribution in [3.8, 4) is 11.5 Å². The van der Waals surface area contributed by atoms with Crippen molar-refractivity contribution < 1.29 is 29.4 Å². The van der Waals surface area contributed by atoms with Gasteiger partial charge >= 0.3 is 0 Å². The summed E-state index contributed by atoms with van der Waals surface area (Å²) in [6, 6.07) is 5.45. The van der Waals surface area contributed by atoms with Gasteiger partial charge in [-0.3, -0.25) is 19.2 Å². The van der Waals surface area contributed by atoms with E-state index in [1.807, 2.05) is 0 Å². The fourth-order valence-electron chi connectivity index (χ4n) is 3.60. The zero-order chi connectivity index (χ0) is 24.8. The molecule has 2 aromatic carbocycles. The molecule has 0 fully saturated rings. The third kappa shape index (κ3) is 4.92. The Kier molecular flexibility index (Phi) is 7.66. The van der Waals surface area contributed by atoms with Crippen molar-refractivity contribution in [2.45, 2.75) is 0 Å². The molecule has 1 aliphatic carbocycles. The maximum atomic E-state index is 13.4. The van der Waals surface area contributed by atoms with E-state index in [2.05, 4.69) is 21.3 Å². The average molecular weight is 470 g/mol. The lowest BCUT2D eigenvalue weighted by atomic mass is 9.81. The summed E-state index contributed by atoms with van der Waals surface area (Å²) in [7, 11) is 0. The molecular weight excluding hydrogens is 444 g/mol. The highest BCUT2D eigenvalue weighted by Gasteiger charge is 2.37. The van der Waals surface area contributed by atoms with Crippen LogP contribution in [0.3, 0.4) is 0 Å². The van der Waals surface area contributed by atoms with Crippen molar-refractivity contribution in [3.63, 3.8) is 0 Å². The van der Waals surface area contributed by atoms with Crippen molar-refractivity contribution in [2.24, 2.45) is 11.5 Å². The Morgan fingerprint density at radius 2 is 1.03 bits per heavy atom. The molecule has 0 unspecified atom stereocenters. The van der Waals surface area contributed by atoms with Crippen LogP contribution in [0.5, 0.6) is 11.5 Å². The molecule has 0 aromatic heterocycles. The van der Waals surface area contributed by atoms with Crippen LogP contribution in [0.4, 0.5) is 11.4 Å². The second kappa shape index (κ2) is 10.6. The number of anilines is 2. The van der Waals surface area contributed by atoms with Gasteiger partial charge in [-0.2, -0.15) is 0 Å². The highest BCUT2D eigenvalue weighted by atomic mass is 16.3. The van der Waals surface area contributed by atoms with E-state index < -0.39 is 23.1 Å². The summed E-state index contributed by atoms with van der Waals surface area (Å²) in [5.74, 6) is -2.84. The minimum Gasteiger partial charge on any atom is -0.507 e. The van der Waals surface area contributed by atoms with Gasteiger partial charge in [0.15, 0.2) is 0 Å². The second-order valence-corrected chi connectivity index (χ2v) is 7.38. The number of hydrogen-bond donors (Lipinski definition) is 8. The van der Waals surface area contributed by atoms with E-state index in [9.17, 15) is 29.4 Å². The summed E-state index contributed by atoms with van der Waals surface area (Å²) in [6.07, 6.45) is 0. The van der Waals surface area contributed by atoms with Crippen LogP contribution in [0.15, 0.2) is 24.3 Å². The first-order valence-electron chi connectivity index (χ1n) is 10.5. The SMILES string of the molecule is NCC(=O)NCCNc1ccc(NCCNC(=O)CN)c2c1C(=O)c1c(O)ccc(O)c1C2=O. The van der Waals surface area contributed by atoms with Crippen LogP contribution < -0.4 is 32.7 Å². The molecule has 12 heteroatoms. The van der Waals surface area contributed by atoms with E-state index in [0.717, 1.165) is 12.1 Å². The Labute approximate surface area is 194 Å². The quantitative estimate of drug-likeness (QED) is 0.132. The molecule has 2 aromatic rings. The predicted molar refractivity (Wildman–Crippen MR) is 124 cm³/mol. The summed E-state index contributed by atoms with van der Waals surface area (Å²) in [5.41, 5.74) is 10.6. The highest BCUT2D eigenvalue weighted by molar-refractivity contribution is 6.33. The molecule has 3 rings (SSSR count). The molecule has 0 heterocycles. The maximum absolute atomic E-state index is 13.4. The Bertz CT molecular complexity index is 1060. The molecule has 34 heavy (non-hydrogen) atoms. The van der Waals surface area contributed by atoms with Crippen LogP contribution >= 0.6 is 0 Å². The zero-order valence-corrected chi connectivity index (χ0v) is 18.2. The fraction of sp³-hybridized carbons (Fsp3) is 0.273. The number of nitrogens with two attached hydrogens (primary N) is 2. The third-order valence-corrected chi connectivity index (χ3v) is 5.17. The minimum absolute atomic E-state index is 0.0135. The van der Waals surface area contributed by atoms with Gasteiger partial charge in [-0.1, -0.05) is 0 Å². The number of fused-ring (bicyclic) bond motifs is 2. The van der Waals surface area contributed by atoms with Gasteiger partial charge in [0.05, 0.1) is 35.3 Å². The van der Waals surface area contributed by atoms with Gasteiger partial charge in [-0.25, -0.2) is 0 Å². The van der Waals surface area contributed by atoms with Gasteiger partial charge < -0.3 is 42.9 Å². The summed E-state index contributed by atoms with van der Waals surface area (Å²) >= 11 is 0. The number of phenols is 2. The summed E-state index contributed by atoms with van der Waals surface area (Å²) in [6.45, 7) is 0.585. The van der Waals surface area contributed by atoms with Crippen molar-refractivity contribution in [1.29, 1.82) is 0 Å². The number of aromatic hydroxyl groups is 2. The van der Waals surface area contributed by atoms with Gasteiger partial charge in [-0.15, -0.1) is 0 Å². The molecular formula is C22H26N6O6. The number of benzene rings is 2. The topological polar surface area (TPSA) is 209 Å². The molecule has 0 saturated heterocycles. The number of carbonyl (C=O) groups excluding carboxylic acids is 4. The summed E-state index contributed by atoms with van der Waals surface area (Å²) in [5, 5.41) is 31.8. The van der Waals surface area contributed by atoms with Gasteiger partial charge in [0.25, 0.3) is 0 Å². The lowest BCUT2D eigenvalue weighted by molar-refractivity contribution is -0.120. The van der Waals surface area contributed by atoms with E-state index in [0.29, 0.717) is 11.4 Å². The lowest BCUT2D eigenvalue weighted by Crippen LogP contribution is -2.34. The van der Waals surface area contributed by atoms with Gasteiger partial charge in [0, 0.05) is 37.6 Å². The molecule has 0 spiro atoms. The lowest BCUT2D eigenvalue weighted by Gasteiger charge is -2.25. The third-order valence-electron chi connectivity index (χ3n) is 5.17. The van der Waals surface area contributed by atoms with Crippen molar-refractivity contribution >= 4 is 34.8 Å². The normalized spacial score (nSPS) is 11.9. The number of carbonyl (C=O) groups is 4. The molecule has 0 saturated carbocycles. The Morgan fingerprint density at radius 1 is 0.647 bits per heavy atom. The molecule has 0 bridgehead atoms. The molecule has 12 nitrogen and oxygen atoms in total. The molecule has 2 amide bonds. The molecule has 0 radical (unpaired) electrons. The molecule has 0 aliphatic heterocycles. The van der Waals surface area contributed by atoms with Crippen LogP contribution in [0.1, 0.15) is 31.8 Å². The first-order chi connectivity index (χ1) is 16.3. The number of hydrogen-bond acceptors (Lipinski definition) is 10. The van der Waals surface area contributed by atoms with E-state index in [1.165, 1.54) is 0 Å². The van der Waals surface area contributed by atoms with E-state index in [4.69, 9.17) is 11.5 Å². The van der Waals surface area contributed by atoms with E-state index >= 15 is 0 Å². The number of rotatable bonds is 10. The van der Waals surface area contributed by atoms with E-state index in [-0.39, 0.29) is 73.3 Å². The van der Waals surface area contributed by atoms with Crippen LogP contribution in [-0.4, -0.2) is 72.9 Å². The van der Waals surface area contributed by atoms with Crippen LogP contribution in [0.25, 0.3) is 0 Å². The van der Waals surface area contributed by atoms with Crippen LogP contribution in [0.2, 0.25) is 0 Å². The monoisotopic (exact) mass is 470 g/mol. The highest BCUT2D eigenvalue weighted by Crippen LogP contribution is 2.42. The van der Waals surface area contributed by atoms with Crippen molar-refractivity contribution in [1.82, 2.24) is 10.6 Å². The van der Waals surface area contributed by atoms with Crippen LogP contribution in [0, 0.1) is 0 Å². The molecule has 1 aliphatic rings. The fourth-order valence-corrected chi connectivity index (χ4v) is 3.60. The molecule has 0 atom stereocenters. The van der Waals surface area contributed by atoms with Gasteiger partial charge in [0.1, 0.15) is 11.5 Å². The van der Waals surface area contributed by atoms with Gasteiger partial charge in [-0.05, 0) is 24.3 Å². The Hall–Kier alpha value is -4.16. The molecule has 10 N–H and O–H groups in total. The smallest absolute Gasteiger partial charge is 0.233 e. The Morgan fingerprint density at radius 3 is 1.38 bits per heavy atom. The number of ketones is 2. The van der Waals surface area contributed by atoms with Gasteiger partial charge in [0.2, 0.25) is 23.4 Å². The maximum Gasteiger partial charge on any atom is 0.233 e. The van der Waals surface area contributed by atoms with E-state index in [1.54, 1.807) is 12.1 Å². The minimum atomic E-state index is -0.647. The molecule has 180 valence electrons. The zero-order valence-electron chi connectivity index (χ0n) is 18.2. The predicted octanol–water partition coefficient (Wildman–Crippen LogP) is -1.15. The van der Waals surface area contributed by atoms with Crippen molar-refractivity contribution in [3.05, 3.63) is 46.5 Å². The summed E-state index contributed by atoms with van der Waals surface area (Å²) < 4.78 is 0. The largest absolute Gasteiger partial charge is 0.507 e. The summed E-state index contributed by atoms with van der Waals surface area (Å²) in [4.78, 5) is 49.5. The Balaban J connectivity index is 1.96. The first-order valence-corrected chi connectivity index (χ1v) is 10.5. The number of amides is 2. The van der Waals surface area contributed by atoms with Crippen molar-refractivity contribution in [2.75, 3.05) is 49.9 Å².